The number of hydrogen-bond acceptors (Lipinski definition) is 6. The Hall–Kier alpha value is -1.85. The summed E-state index contributed by atoms with van der Waals surface area (Å²) in [5.41, 5.74) is 2.43. The van der Waals surface area contributed by atoms with Crippen molar-refractivity contribution in [2.45, 2.75) is 58.8 Å². The number of aryl methyl sites for hydroxylation is 1. The van der Waals surface area contributed by atoms with Gasteiger partial charge in [-0.2, -0.15) is 0 Å². The molecule has 1 aliphatic rings. The molecule has 1 N–H and O–H groups in total. The molecular weight excluding hydrogens is 284 g/mol. The van der Waals surface area contributed by atoms with E-state index in [2.05, 4.69) is 28.9 Å². The summed E-state index contributed by atoms with van der Waals surface area (Å²) >= 11 is 0. The Morgan fingerprint density at radius 1 is 1.36 bits per heavy atom. The molecule has 0 saturated heterocycles. The standard InChI is InChI=1S/C16H24N2O4/c1-16(2)9-12(17-20)15-11(18-22-13(15)10-16)7-5-4-6-8-14(19)21-3/h20H,4-10H2,1-3H3/b17-12-. The molecule has 0 aromatic carbocycles. The third kappa shape index (κ3) is 3.87. The average Bonchev–Trinajstić information content (AvgIpc) is 2.87. The average molecular weight is 308 g/mol. The van der Waals surface area contributed by atoms with Crippen molar-refractivity contribution < 1.29 is 19.3 Å². The molecule has 0 amide bonds. The number of methoxy groups -OCH3 is 1. The van der Waals surface area contributed by atoms with Crippen LogP contribution in [0, 0.1) is 5.41 Å². The highest BCUT2D eigenvalue weighted by atomic mass is 16.5. The molecular formula is C16H24N2O4. The minimum Gasteiger partial charge on any atom is -0.469 e. The number of nitrogens with zero attached hydrogens (tertiary/aromatic N) is 2. The molecule has 122 valence electrons. The Morgan fingerprint density at radius 3 is 2.82 bits per heavy atom. The van der Waals surface area contributed by atoms with Gasteiger partial charge in [-0.25, -0.2) is 0 Å². The fourth-order valence-electron chi connectivity index (χ4n) is 2.95. The third-order valence-corrected chi connectivity index (χ3v) is 4.05. The summed E-state index contributed by atoms with van der Waals surface area (Å²) in [7, 11) is 1.40. The van der Waals surface area contributed by atoms with Crippen molar-refractivity contribution >= 4 is 11.7 Å². The number of unbranched alkanes of at least 4 members (excludes halogenated alkanes) is 2. The first kappa shape index (κ1) is 16.5. The lowest BCUT2D eigenvalue weighted by Gasteiger charge is -2.28. The largest absolute Gasteiger partial charge is 0.469 e. The minimum atomic E-state index is -0.171. The Labute approximate surface area is 130 Å². The lowest BCUT2D eigenvalue weighted by molar-refractivity contribution is -0.140. The van der Waals surface area contributed by atoms with Crippen LogP contribution in [0.5, 0.6) is 0 Å². The number of carbonyl (C=O) groups is 1. The monoisotopic (exact) mass is 308 g/mol. The zero-order chi connectivity index (χ0) is 16.2. The summed E-state index contributed by atoms with van der Waals surface area (Å²) < 4.78 is 10.1. The van der Waals surface area contributed by atoms with Gasteiger partial charge in [0.15, 0.2) is 0 Å². The zero-order valence-electron chi connectivity index (χ0n) is 13.5. The highest BCUT2D eigenvalue weighted by molar-refractivity contribution is 6.03. The van der Waals surface area contributed by atoms with E-state index in [0.717, 1.165) is 49.1 Å². The van der Waals surface area contributed by atoms with Gasteiger partial charge in [-0.15, -0.1) is 0 Å². The van der Waals surface area contributed by atoms with E-state index in [4.69, 9.17) is 4.52 Å². The van der Waals surface area contributed by atoms with Crippen LogP contribution in [0.25, 0.3) is 0 Å². The van der Waals surface area contributed by atoms with E-state index in [-0.39, 0.29) is 11.4 Å². The van der Waals surface area contributed by atoms with Gasteiger partial charge >= 0.3 is 5.97 Å². The van der Waals surface area contributed by atoms with Crippen LogP contribution in [0.15, 0.2) is 9.68 Å². The second-order valence-electron chi connectivity index (χ2n) is 6.63. The van der Waals surface area contributed by atoms with Crippen molar-refractivity contribution in [3.63, 3.8) is 0 Å². The number of aromatic nitrogens is 1. The lowest BCUT2D eigenvalue weighted by Crippen LogP contribution is -2.27. The number of fused-ring (bicyclic) bond motifs is 1. The maximum Gasteiger partial charge on any atom is 0.305 e. The molecule has 6 nitrogen and oxygen atoms in total. The zero-order valence-corrected chi connectivity index (χ0v) is 13.5. The fraction of sp³-hybridized carbons (Fsp3) is 0.688. The molecule has 1 heterocycles. The second kappa shape index (κ2) is 6.94. The Kier molecular flexibility index (Phi) is 5.21. The molecule has 0 fully saturated rings. The number of carbonyl (C=O) groups excluding carboxylic acids is 1. The predicted molar refractivity (Wildman–Crippen MR) is 81.1 cm³/mol. The molecule has 0 radical (unpaired) electrons. The van der Waals surface area contributed by atoms with Gasteiger partial charge in [0.1, 0.15) is 5.76 Å². The van der Waals surface area contributed by atoms with Gasteiger partial charge in [0, 0.05) is 12.8 Å². The quantitative estimate of drug-likeness (QED) is 0.378. The SMILES string of the molecule is COC(=O)CCCCCc1noc2c1/C(=N\O)CC(C)(C)C2. The molecule has 0 aliphatic heterocycles. The molecule has 2 rings (SSSR count). The van der Waals surface area contributed by atoms with Crippen LogP contribution in [0.1, 0.15) is 63.0 Å². The van der Waals surface area contributed by atoms with Gasteiger partial charge in [-0.1, -0.05) is 30.6 Å². The maximum atomic E-state index is 11.0. The predicted octanol–water partition coefficient (Wildman–Crippen LogP) is 3.10. The first-order valence-electron chi connectivity index (χ1n) is 7.72. The fourth-order valence-corrected chi connectivity index (χ4v) is 2.95. The van der Waals surface area contributed by atoms with Gasteiger partial charge in [-0.3, -0.25) is 4.79 Å². The lowest BCUT2D eigenvalue weighted by atomic mass is 9.75. The van der Waals surface area contributed by atoms with Crippen LogP contribution in [-0.2, 0) is 22.4 Å². The highest BCUT2D eigenvalue weighted by Crippen LogP contribution is 2.36. The molecule has 0 bridgehead atoms. The van der Waals surface area contributed by atoms with Crippen LogP contribution in [0.4, 0.5) is 0 Å². The van der Waals surface area contributed by atoms with Crippen molar-refractivity contribution in [2.75, 3.05) is 7.11 Å². The van der Waals surface area contributed by atoms with E-state index in [1.165, 1.54) is 7.11 Å². The van der Waals surface area contributed by atoms with Crippen molar-refractivity contribution in [2.24, 2.45) is 10.6 Å². The molecule has 0 spiro atoms. The van der Waals surface area contributed by atoms with Crippen molar-refractivity contribution in [3.8, 4) is 0 Å². The molecule has 6 heteroatoms. The van der Waals surface area contributed by atoms with Crippen molar-refractivity contribution in [1.29, 1.82) is 0 Å². The molecule has 0 atom stereocenters. The maximum absolute atomic E-state index is 11.0. The highest BCUT2D eigenvalue weighted by Gasteiger charge is 2.35. The van der Waals surface area contributed by atoms with E-state index < -0.39 is 0 Å². The smallest absolute Gasteiger partial charge is 0.305 e. The van der Waals surface area contributed by atoms with E-state index in [1.807, 2.05) is 0 Å². The van der Waals surface area contributed by atoms with E-state index in [0.29, 0.717) is 18.6 Å². The summed E-state index contributed by atoms with van der Waals surface area (Å²) in [6.07, 6.45) is 5.38. The van der Waals surface area contributed by atoms with Crippen molar-refractivity contribution in [3.05, 3.63) is 17.0 Å². The van der Waals surface area contributed by atoms with E-state index in [1.54, 1.807) is 0 Å². The minimum absolute atomic E-state index is 0.0197. The van der Waals surface area contributed by atoms with Gasteiger partial charge in [0.2, 0.25) is 0 Å². The van der Waals surface area contributed by atoms with Gasteiger partial charge < -0.3 is 14.5 Å². The van der Waals surface area contributed by atoms with Gasteiger partial charge in [-0.05, 0) is 31.1 Å². The number of ether oxygens (including phenoxy) is 1. The topological polar surface area (TPSA) is 84.9 Å². The van der Waals surface area contributed by atoms with Crippen LogP contribution < -0.4 is 0 Å². The molecule has 1 aliphatic carbocycles. The van der Waals surface area contributed by atoms with Crippen LogP contribution in [0.3, 0.4) is 0 Å². The van der Waals surface area contributed by atoms with Gasteiger partial charge in [0.05, 0.1) is 24.1 Å². The number of hydrogen-bond donors (Lipinski definition) is 1. The first-order valence-corrected chi connectivity index (χ1v) is 7.72. The summed E-state index contributed by atoms with van der Waals surface area (Å²) in [5.74, 6) is 0.643. The van der Waals surface area contributed by atoms with E-state index >= 15 is 0 Å². The Bertz CT molecular complexity index is 560. The molecule has 0 saturated carbocycles. The van der Waals surface area contributed by atoms with Crippen molar-refractivity contribution in [1.82, 2.24) is 5.16 Å². The Balaban J connectivity index is 1.94. The molecule has 1 aromatic heterocycles. The molecule has 0 unspecified atom stereocenters. The summed E-state index contributed by atoms with van der Waals surface area (Å²) in [6.45, 7) is 4.24. The second-order valence-corrected chi connectivity index (χ2v) is 6.63. The summed E-state index contributed by atoms with van der Waals surface area (Å²) in [6, 6.07) is 0. The Morgan fingerprint density at radius 2 is 2.14 bits per heavy atom. The number of esters is 1. The number of rotatable bonds is 6. The van der Waals surface area contributed by atoms with Crippen LogP contribution in [0.2, 0.25) is 0 Å². The normalized spacial score (nSPS) is 18.2. The molecule has 1 aromatic rings. The summed E-state index contributed by atoms with van der Waals surface area (Å²) in [4.78, 5) is 11.0. The molecule has 22 heavy (non-hydrogen) atoms. The van der Waals surface area contributed by atoms with Crippen LogP contribution in [-0.4, -0.2) is 29.2 Å². The number of oxime groups is 1. The van der Waals surface area contributed by atoms with E-state index in [9.17, 15) is 10.0 Å². The van der Waals surface area contributed by atoms with Gasteiger partial charge in [0.25, 0.3) is 0 Å². The van der Waals surface area contributed by atoms with Crippen LogP contribution >= 0.6 is 0 Å². The summed E-state index contributed by atoms with van der Waals surface area (Å²) in [5, 5.41) is 16.9. The first-order chi connectivity index (χ1) is 10.5. The third-order valence-electron chi connectivity index (χ3n) is 4.05.